The van der Waals surface area contributed by atoms with E-state index in [0.717, 1.165) is 12.8 Å². The summed E-state index contributed by atoms with van der Waals surface area (Å²) in [5.74, 6) is -0.827. The number of ether oxygens (including phenoxy) is 1. The van der Waals surface area contributed by atoms with Crippen molar-refractivity contribution in [3.63, 3.8) is 0 Å². The molecule has 8 heteroatoms. The Labute approximate surface area is 121 Å². The summed E-state index contributed by atoms with van der Waals surface area (Å²) >= 11 is 0. The van der Waals surface area contributed by atoms with Crippen LogP contribution in [0.4, 0.5) is 18.0 Å². The summed E-state index contributed by atoms with van der Waals surface area (Å²) < 4.78 is 42.7. The zero-order chi connectivity index (χ0) is 15.5. The van der Waals surface area contributed by atoms with Gasteiger partial charge in [-0.05, 0) is 31.6 Å². The van der Waals surface area contributed by atoms with Gasteiger partial charge in [-0.1, -0.05) is 0 Å². The lowest BCUT2D eigenvalue weighted by atomic mass is 9.91. The first-order valence-electron chi connectivity index (χ1n) is 7.27. The van der Waals surface area contributed by atoms with E-state index in [1.807, 2.05) is 0 Å². The van der Waals surface area contributed by atoms with Gasteiger partial charge in [0.05, 0.1) is 6.10 Å². The van der Waals surface area contributed by atoms with E-state index in [1.54, 1.807) is 0 Å². The number of likely N-dealkylation sites (tertiary alicyclic amines) is 1. The number of hydrogen-bond donors (Lipinski definition) is 2. The maximum atomic E-state index is 12.4. The molecule has 0 spiro atoms. The molecule has 2 amide bonds. The molecule has 21 heavy (non-hydrogen) atoms. The van der Waals surface area contributed by atoms with Gasteiger partial charge in [0, 0.05) is 26.2 Å². The molecule has 0 radical (unpaired) electrons. The molecule has 0 aromatic heterocycles. The smallest absolute Gasteiger partial charge is 0.383 e. The molecule has 2 fully saturated rings. The average Bonchev–Trinajstić information content (AvgIpc) is 2.96. The van der Waals surface area contributed by atoms with Crippen LogP contribution in [0.3, 0.4) is 0 Å². The van der Waals surface area contributed by atoms with Gasteiger partial charge >= 0.3 is 12.2 Å². The average molecular weight is 310 g/mol. The van der Waals surface area contributed by atoms with Gasteiger partial charge in [0.2, 0.25) is 0 Å². The monoisotopic (exact) mass is 310 g/mol. The molecule has 0 aliphatic carbocycles. The SMILES string of the molecule is O=C(NC[C@@H]1CCCO1)N1CCC([C@H](O)C(F)(F)F)CC1. The standard InChI is InChI=1S/C13H21F3N2O3/c14-13(15,16)11(19)9-3-5-18(6-4-9)12(20)17-8-10-2-1-7-21-10/h9-11,19H,1-8H2,(H,17,20)/t10-,11-/m0/s1. The minimum absolute atomic E-state index is 0.0403. The number of nitrogens with one attached hydrogen (secondary N) is 1. The lowest BCUT2D eigenvalue weighted by molar-refractivity contribution is -0.222. The highest BCUT2D eigenvalue weighted by Gasteiger charge is 2.44. The first-order chi connectivity index (χ1) is 9.88. The zero-order valence-electron chi connectivity index (χ0n) is 11.7. The van der Waals surface area contributed by atoms with Crippen molar-refractivity contribution >= 4 is 6.03 Å². The van der Waals surface area contributed by atoms with Gasteiger partial charge in [0.25, 0.3) is 0 Å². The molecule has 2 aliphatic rings. The minimum atomic E-state index is -4.59. The Hall–Kier alpha value is -1.02. The van der Waals surface area contributed by atoms with Crippen molar-refractivity contribution in [3.8, 4) is 0 Å². The lowest BCUT2D eigenvalue weighted by Gasteiger charge is -2.34. The fraction of sp³-hybridized carbons (Fsp3) is 0.923. The van der Waals surface area contributed by atoms with Crippen LogP contribution in [0.1, 0.15) is 25.7 Å². The van der Waals surface area contributed by atoms with E-state index < -0.39 is 18.2 Å². The van der Waals surface area contributed by atoms with Crippen molar-refractivity contribution in [1.29, 1.82) is 0 Å². The van der Waals surface area contributed by atoms with Gasteiger partial charge in [-0.2, -0.15) is 13.2 Å². The Kier molecular flexibility index (Phi) is 5.32. The second-order valence-electron chi connectivity index (χ2n) is 5.63. The number of carbonyl (C=O) groups excluding carboxylic acids is 1. The number of rotatable bonds is 3. The van der Waals surface area contributed by atoms with Crippen LogP contribution in [0.2, 0.25) is 0 Å². The highest BCUT2D eigenvalue weighted by Crippen LogP contribution is 2.31. The number of halogens is 3. The molecule has 5 nitrogen and oxygen atoms in total. The van der Waals surface area contributed by atoms with Gasteiger partial charge in [-0.25, -0.2) is 4.79 Å². The summed E-state index contributed by atoms with van der Waals surface area (Å²) in [6.45, 7) is 1.61. The predicted molar refractivity (Wildman–Crippen MR) is 68.7 cm³/mol. The minimum Gasteiger partial charge on any atom is -0.383 e. The van der Waals surface area contributed by atoms with Gasteiger partial charge in [0.1, 0.15) is 0 Å². The number of aliphatic hydroxyl groups is 1. The number of aliphatic hydroxyl groups excluding tert-OH is 1. The topological polar surface area (TPSA) is 61.8 Å². The Balaban J connectivity index is 1.71. The Morgan fingerprint density at radius 1 is 1.33 bits per heavy atom. The first-order valence-corrected chi connectivity index (χ1v) is 7.27. The molecule has 122 valence electrons. The Bertz CT molecular complexity index is 351. The number of amides is 2. The van der Waals surface area contributed by atoms with Crippen molar-refractivity contribution in [2.75, 3.05) is 26.2 Å². The van der Waals surface area contributed by atoms with Gasteiger partial charge in [0.15, 0.2) is 6.10 Å². The van der Waals surface area contributed by atoms with Crippen LogP contribution in [0.25, 0.3) is 0 Å². The molecule has 2 aliphatic heterocycles. The summed E-state index contributed by atoms with van der Waals surface area (Å²) in [7, 11) is 0. The maximum absolute atomic E-state index is 12.4. The third-order valence-electron chi connectivity index (χ3n) is 4.11. The van der Waals surface area contributed by atoms with Crippen molar-refractivity contribution in [3.05, 3.63) is 0 Å². The van der Waals surface area contributed by atoms with Gasteiger partial charge in [-0.3, -0.25) is 0 Å². The van der Waals surface area contributed by atoms with Crippen LogP contribution < -0.4 is 5.32 Å². The molecule has 2 rings (SSSR count). The quantitative estimate of drug-likeness (QED) is 0.830. The summed E-state index contributed by atoms with van der Waals surface area (Å²) in [6, 6.07) is -0.273. The van der Waals surface area contributed by atoms with Gasteiger partial charge < -0.3 is 20.1 Å². The van der Waals surface area contributed by atoms with Crippen LogP contribution in [-0.4, -0.2) is 60.7 Å². The van der Waals surface area contributed by atoms with Crippen LogP contribution in [-0.2, 0) is 4.74 Å². The second kappa shape index (κ2) is 6.83. The first kappa shape index (κ1) is 16.4. The Morgan fingerprint density at radius 2 is 2.00 bits per heavy atom. The molecular formula is C13H21F3N2O3. The predicted octanol–water partition coefficient (Wildman–Crippen LogP) is 1.51. The summed E-state index contributed by atoms with van der Waals surface area (Å²) in [5, 5.41) is 12.0. The lowest BCUT2D eigenvalue weighted by Crippen LogP contribution is -2.49. The van der Waals surface area contributed by atoms with E-state index in [2.05, 4.69) is 5.32 Å². The summed E-state index contributed by atoms with van der Waals surface area (Å²) in [6.07, 6.45) is -4.62. The van der Waals surface area contributed by atoms with Crippen LogP contribution in [0.15, 0.2) is 0 Å². The fourth-order valence-electron chi connectivity index (χ4n) is 2.80. The van der Waals surface area contributed by atoms with E-state index in [9.17, 15) is 23.1 Å². The fourth-order valence-corrected chi connectivity index (χ4v) is 2.80. The van der Waals surface area contributed by atoms with E-state index >= 15 is 0 Å². The summed E-state index contributed by atoms with van der Waals surface area (Å²) in [4.78, 5) is 13.4. The summed E-state index contributed by atoms with van der Waals surface area (Å²) in [5.41, 5.74) is 0. The molecule has 2 N–H and O–H groups in total. The third kappa shape index (κ3) is 4.47. The second-order valence-corrected chi connectivity index (χ2v) is 5.63. The number of nitrogens with zero attached hydrogens (tertiary/aromatic N) is 1. The molecule has 2 atom stereocenters. The van der Waals surface area contributed by atoms with Crippen LogP contribution >= 0.6 is 0 Å². The van der Waals surface area contributed by atoms with E-state index in [1.165, 1.54) is 4.90 Å². The molecule has 0 aromatic rings. The van der Waals surface area contributed by atoms with Crippen LogP contribution in [0, 0.1) is 5.92 Å². The third-order valence-corrected chi connectivity index (χ3v) is 4.11. The highest BCUT2D eigenvalue weighted by atomic mass is 19.4. The molecule has 0 unspecified atom stereocenters. The molecule has 2 heterocycles. The van der Waals surface area contributed by atoms with E-state index in [-0.39, 0.29) is 38.1 Å². The molecule has 0 bridgehead atoms. The van der Waals surface area contributed by atoms with E-state index in [0.29, 0.717) is 13.2 Å². The molecule has 0 saturated carbocycles. The largest absolute Gasteiger partial charge is 0.414 e. The van der Waals surface area contributed by atoms with E-state index in [4.69, 9.17) is 4.74 Å². The van der Waals surface area contributed by atoms with Gasteiger partial charge in [-0.15, -0.1) is 0 Å². The van der Waals surface area contributed by atoms with Crippen molar-refractivity contribution in [2.24, 2.45) is 5.92 Å². The van der Waals surface area contributed by atoms with Crippen LogP contribution in [0.5, 0.6) is 0 Å². The molecular weight excluding hydrogens is 289 g/mol. The number of carbonyl (C=O) groups is 1. The van der Waals surface area contributed by atoms with Crippen molar-refractivity contribution in [1.82, 2.24) is 10.2 Å². The highest BCUT2D eigenvalue weighted by molar-refractivity contribution is 5.74. The number of urea groups is 1. The number of alkyl halides is 3. The number of hydrogen-bond acceptors (Lipinski definition) is 3. The normalized spacial score (nSPS) is 25.9. The zero-order valence-corrected chi connectivity index (χ0v) is 11.7. The van der Waals surface area contributed by atoms with Crippen molar-refractivity contribution in [2.45, 2.75) is 44.1 Å². The number of piperidine rings is 1. The molecule has 2 saturated heterocycles. The Morgan fingerprint density at radius 3 is 2.52 bits per heavy atom. The maximum Gasteiger partial charge on any atom is 0.414 e. The van der Waals surface area contributed by atoms with Crippen molar-refractivity contribution < 1.29 is 27.8 Å². The molecule has 0 aromatic carbocycles.